The molecule has 1 heterocycles. The van der Waals surface area contributed by atoms with Crippen molar-refractivity contribution in [1.82, 2.24) is 4.90 Å². The molecule has 156 valence electrons. The van der Waals surface area contributed by atoms with Gasteiger partial charge < -0.3 is 10.0 Å². The SMILES string of the molecule is Cc1cccc(C2/C(=C(/O)c3cccc4ccccc34)C(=O)C(=O)N2C2CCCC2)c1. The summed E-state index contributed by atoms with van der Waals surface area (Å²) >= 11 is 0. The van der Waals surface area contributed by atoms with E-state index in [1.807, 2.05) is 73.7 Å². The molecule has 1 saturated carbocycles. The van der Waals surface area contributed by atoms with E-state index in [0.29, 0.717) is 5.56 Å². The molecule has 4 nitrogen and oxygen atoms in total. The quantitative estimate of drug-likeness (QED) is 0.351. The minimum atomic E-state index is -0.594. The molecule has 1 N–H and O–H groups in total. The molecule has 5 rings (SSSR count). The summed E-state index contributed by atoms with van der Waals surface area (Å²) in [6.07, 6.45) is 3.89. The van der Waals surface area contributed by atoms with Crippen LogP contribution in [0, 0.1) is 6.92 Å². The molecular formula is C27H25NO3. The monoisotopic (exact) mass is 411 g/mol. The molecule has 3 aromatic rings. The van der Waals surface area contributed by atoms with Crippen molar-refractivity contribution >= 4 is 28.2 Å². The number of amides is 1. The summed E-state index contributed by atoms with van der Waals surface area (Å²) in [5.41, 5.74) is 2.70. The molecule has 0 spiro atoms. The summed E-state index contributed by atoms with van der Waals surface area (Å²) < 4.78 is 0. The van der Waals surface area contributed by atoms with E-state index < -0.39 is 17.7 Å². The Bertz CT molecular complexity index is 1210. The Morgan fingerprint density at radius 3 is 2.42 bits per heavy atom. The third-order valence-electron chi connectivity index (χ3n) is 6.60. The third-order valence-corrected chi connectivity index (χ3v) is 6.60. The van der Waals surface area contributed by atoms with Crippen molar-refractivity contribution in [2.75, 3.05) is 0 Å². The van der Waals surface area contributed by atoms with E-state index in [4.69, 9.17) is 0 Å². The van der Waals surface area contributed by atoms with Crippen LogP contribution in [0.15, 0.2) is 72.3 Å². The number of likely N-dealkylation sites (tertiary alicyclic amines) is 1. The Morgan fingerprint density at radius 1 is 0.935 bits per heavy atom. The Hall–Kier alpha value is -3.40. The van der Waals surface area contributed by atoms with Gasteiger partial charge in [0, 0.05) is 11.6 Å². The number of Topliss-reactive ketones (excluding diaryl/α,β-unsaturated/α-hetero) is 1. The summed E-state index contributed by atoms with van der Waals surface area (Å²) in [6.45, 7) is 2.00. The largest absolute Gasteiger partial charge is 0.507 e. The first-order chi connectivity index (χ1) is 15.1. The zero-order valence-corrected chi connectivity index (χ0v) is 17.5. The first-order valence-electron chi connectivity index (χ1n) is 10.9. The van der Waals surface area contributed by atoms with Gasteiger partial charge >= 0.3 is 0 Å². The van der Waals surface area contributed by atoms with Gasteiger partial charge in [0.05, 0.1) is 11.6 Å². The Kier molecular flexibility index (Phi) is 4.85. The van der Waals surface area contributed by atoms with E-state index in [1.54, 1.807) is 4.90 Å². The maximum absolute atomic E-state index is 13.3. The first kappa shape index (κ1) is 19.6. The van der Waals surface area contributed by atoms with E-state index in [1.165, 1.54) is 0 Å². The van der Waals surface area contributed by atoms with Crippen LogP contribution in [0.3, 0.4) is 0 Å². The molecule has 2 aliphatic rings. The number of nitrogens with zero attached hydrogens (tertiary/aromatic N) is 1. The van der Waals surface area contributed by atoms with Crippen molar-refractivity contribution in [2.24, 2.45) is 0 Å². The molecule has 0 aromatic heterocycles. The molecular weight excluding hydrogens is 386 g/mol. The number of aliphatic hydroxyl groups is 1. The number of rotatable bonds is 3. The average molecular weight is 412 g/mol. The highest BCUT2D eigenvalue weighted by molar-refractivity contribution is 6.46. The molecule has 1 saturated heterocycles. The summed E-state index contributed by atoms with van der Waals surface area (Å²) in [7, 11) is 0. The van der Waals surface area contributed by atoms with Crippen molar-refractivity contribution in [3.63, 3.8) is 0 Å². The lowest BCUT2D eigenvalue weighted by Gasteiger charge is -2.31. The zero-order valence-electron chi connectivity index (χ0n) is 17.5. The molecule has 0 bridgehead atoms. The van der Waals surface area contributed by atoms with Gasteiger partial charge in [-0.25, -0.2) is 0 Å². The molecule has 3 aromatic carbocycles. The van der Waals surface area contributed by atoms with Gasteiger partial charge in [-0.05, 0) is 36.1 Å². The van der Waals surface area contributed by atoms with Crippen molar-refractivity contribution in [1.29, 1.82) is 0 Å². The number of carbonyl (C=O) groups is 2. The summed E-state index contributed by atoms with van der Waals surface area (Å²) in [5.74, 6) is -1.19. The molecule has 2 fully saturated rings. The lowest BCUT2D eigenvalue weighted by atomic mass is 9.92. The van der Waals surface area contributed by atoms with Crippen molar-refractivity contribution < 1.29 is 14.7 Å². The fraction of sp³-hybridized carbons (Fsp3) is 0.259. The van der Waals surface area contributed by atoms with E-state index in [9.17, 15) is 14.7 Å². The van der Waals surface area contributed by atoms with E-state index >= 15 is 0 Å². The number of aryl methyl sites for hydroxylation is 1. The Morgan fingerprint density at radius 2 is 1.65 bits per heavy atom. The number of hydrogen-bond acceptors (Lipinski definition) is 3. The lowest BCUT2D eigenvalue weighted by Crippen LogP contribution is -2.37. The fourth-order valence-corrected chi connectivity index (χ4v) is 5.15. The normalized spacial score (nSPS) is 21.3. The number of ketones is 1. The second-order valence-electron chi connectivity index (χ2n) is 8.59. The van der Waals surface area contributed by atoms with E-state index in [0.717, 1.165) is 47.6 Å². The molecule has 4 heteroatoms. The van der Waals surface area contributed by atoms with Crippen LogP contribution in [0.1, 0.15) is 48.4 Å². The zero-order chi connectivity index (χ0) is 21.5. The van der Waals surface area contributed by atoms with Crippen molar-refractivity contribution in [2.45, 2.75) is 44.7 Å². The minimum absolute atomic E-state index is 0.0276. The summed E-state index contributed by atoms with van der Waals surface area (Å²) in [5, 5.41) is 13.3. The average Bonchev–Trinajstić information content (AvgIpc) is 3.40. The van der Waals surface area contributed by atoms with Gasteiger partial charge in [0.2, 0.25) is 0 Å². The predicted octanol–water partition coefficient (Wildman–Crippen LogP) is 5.51. The predicted molar refractivity (Wildman–Crippen MR) is 122 cm³/mol. The van der Waals surface area contributed by atoms with Gasteiger partial charge in [-0.1, -0.05) is 85.1 Å². The highest BCUT2D eigenvalue weighted by Crippen LogP contribution is 2.44. The topological polar surface area (TPSA) is 57.6 Å². The van der Waals surface area contributed by atoms with Crippen LogP contribution in [0.4, 0.5) is 0 Å². The lowest BCUT2D eigenvalue weighted by molar-refractivity contribution is -0.141. The third kappa shape index (κ3) is 3.23. The second kappa shape index (κ2) is 7.69. The van der Waals surface area contributed by atoms with E-state index in [-0.39, 0.29) is 17.4 Å². The maximum atomic E-state index is 13.3. The maximum Gasteiger partial charge on any atom is 0.295 e. The van der Waals surface area contributed by atoms with Gasteiger partial charge in [0.15, 0.2) is 0 Å². The molecule has 1 aliphatic heterocycles. The number of benzene rings is 3. The molecule has 1 unspecified atom stereocenters. The van der Waals surface area contributed by atoms with Gasteiger partial charge in [-0.3, -0.25) is 9.59 Å². The van der Waals surface area contributed by atoms with Crippen molar-refractivity contribution in [3.05, 3.63) is 89.0 Å². The molecule has 1 aliphatic carbocycles. The Labute approximate surface area is 181 Å². The van der Waals surface area contributed by atoms with Crippen molar-refractivity contribution in [3.8, 4) is 0 Å². The van der Waals surface area contributed by atoms with Crippen LogP contribution >= 0.6 is 0 Å². The standard InChI is InChI=1S/C27H25NO3/c1-17-8-6-11-19(16-17)24-23(26(30)27(31)28(24)20-12-3-4-13-20)25(29)22-15-7-10-18-9-2-5-14-21(18)22/h2,5-11,14-16,20,24,29H,3-4,12-13H2,1H3/b25-23-. The van der Waals surface area contributed by atoms with Crippen LogP contribution in [-0.4, -0.2) is 27.7 Å². The molecule has 1 atom stereocenters. The summed E-state index contributed by atoms with van der Waals surface area (Å²) in [6, 6.07) is 20.8. The Balaban J connectivity index is 1.74. The minimum Gasteiger partial charge on any atom is -0.507 e. The van der Waals surface area contributed by atoms with Crippen LogP contribution in [0.25, 0.3) is 16.5 Å². The molecule has 0 radical (unpaired) electrons. The first-order valence-corrected chi connectivity index (χ1v) is 10.9. The summed E-state index contributed by atoms with van der Waals surface area (Å²) in [4.78, 5) is 28.2. The fourth-order valence-electron chi connectivity index (χ4n) is 5.15. The van der Waals surface area contributed by atoms with Gasteiger partial charge in [0.1, 0.15) is 5.76 Å². The van der Waals surface area contributed by atoms with Gasteiger partial charge in [-0.2, -0.15) is 0 Å². The molecule has 1 amide bonds. The number of aliphatic hydroxyl groups excluding tert-OH is 1. The second-order valence-corrected chi connectivity index (χ2v) is 8.59. The highest BCUT2D eigenvalue weighted by Gasteiger charge is 2.49. The van der Waals surface area contributed by atoms with Crippen LogP contribution in [0.5, 0.6) is 0 Å². The highest BCUT2D eigenvalue weighted by atomic mass is 16.3. The van der Waals surface area contributed by atoms with Crippen LogP contribution in [0.2, 0.25) is 0 Å². The van der Waals surface area contributed by atoms with Crippen LogP contribution in [-0.2, 0) is 9.59 Å². The number of hydrogen-bond donors (Lipinski definition) is 1. The smallest absolute Gasteiger partial charge is 0.295 e. The van der Waals surface area contributed by atoms with Gasteiger partial charge in [-0.15, -0.1) is 0 Å². The van der Waals surface area contributed by atoms with Crippen LogP contribution < -0.4 is 0 Å². The number of fused-ring (bicyclic) bond motifs is 1. The molecule has 31 heavy (non-hydrogen) atoms. The van der Waals surface area contributed by atoms with Gasteiger partial charge in [0.25, 0.3) is 11.7 Å². The number of carbonyl (C=O) groups excluding carboxylic acids is 2. The van der Waals surface area contributed by atoms with E-state index in [2.05, 4.69) is 0 Å².